The van der Waals surface area contributed by atoms with Crippen LogP contribution in [0.15, 0.2) is 66.0 Å². The van der Waals surface area contributed by atoms with Crippen LogP contribution in [0.1, 0.15) is 21.7 Å². The highest BCUT2D eigenvalue weighted by Crippen LogP contribution is 2.31. The van der Waals surface area contributed by atoms with E-state index in [4.69, 9.17) is 37.7 Å². The van der Waals surface area contributed by atoms with E-state index < -0.39 is 0 Å². The molecule has 162 valence electrons. The van der Waals surface area contributed by atoms with Gasteiger partial charge in [-0.2, -0.15) is 0 Å². The Kier molecular flexibility index (Phi) is 7.15. The maximum absolute atomic E-state index is 6.23. The average Bonchev–Trinajstić information content (AvgIpc) is 3.27. The molecule has 0 spiro atoms. The summed E-state index contributed by atoms with van der Waals surface area (Å²) in [6.45, 7) is 2.40. The average molecular weight is 482 g/mol. The maximum Gasteiger partial charge on any atom is 0.161 e. The van der Waals surface area contributed by atoms with E-state index in [9.17, 15) is 0 Å². The van der Waals surface area contributed by atoms with Crippen LogP contribution in [-0.2, 0) is 6.61 Å². The van der Waals surface area contributed by atoms with Gasteiger partial charge in [0, 0.05) is 26.6 Å². The highest BCUT2D eigenvalue weighted by molar-refractivity contribution is 7.10. The van der Waals surface area contributed by atoms with Gasteiger partial charge in [0.15, 0.2) is 11.5 Å². The summed E-state index contributed by atoms with van der Waals surface area (Å²) < 4.78 is 11.4. The standard InChI is InChI=1S/C26H21Cl2NO2S/c1-17-3-7-19(8-4-17)23-16-32-26(29-23)12-6-18-5-11-24(25(13-18)30-2)31-15-20-9-10-21(27)14-22(20)28/h3-14,16H,15H2,1-2H3/b12-6+. The molecule has 1 heterocycles. The molecule has 0 amide bonds. The van der Waals surface area contributed by atoms with Crippen molar-refractivity contribution >= 4 is 46.7 Å². The molecule has 0 saturated carbocycles. The van der Waals surface area contributed by atoms with Crippen LogP contribution in [0.2, 0.25) is 10.0 Å². The molecule has 0 aliphatic rings. The summed E-state index contributed by atoms with van der Waals surface area (Å²) in [6.07, 6.45) is 4.02. The fourth-order valence-corrected chi connectivity index (χ4v) is 4.27. The Morgan fingerprint density at radius 1 is 0.938 bits per heavy atom. The number of hydrogen-bond donors (Lipinski definition) is 0. The van der Waals surface area contributed by atoms with Crippen molar-refractivity contribution in [2.45, 2.75) is 13.5 Å². The third kappa shape index (κ3) is 5.52. The van der Waals surface area contributed by atoms with Crippen LogP contribution in [0, 0.1) is 6.92 Å². The molecule has 4 rings (SSSR count). The Bertz CT molecular complexity index is 1250. The first kappa shape index (κ1) is 22.4. The van der Waals surface area contributed by atoms with E-state index in [1.165, 1.54) is 5.56 Å². The molecule has 0 N–H and O–H groups in total. The lowest BCUT2D eigenvalue weighted by atomic mass is 10.1. The Hall–Kier alpha value is -2.79. The number of nitrogens with zero attached hydrogens (tertiary/aromatic N) is 1. The predicted octanol–water partition coefficient (Wildman–Crippen LogP) is 8.18. The zero-order valence-corrected chi connectivity index (χ0v) is 20.0. The molecule has 4 aromatic rings. The minimum absolute atomic E-state index is 0.322. The van der Waals surface area contributed by atoms with Gasteiger partial charge >= 0.3 is 0 Å². The number of thiazole rings is 1. The van der Waals surface area contributed by atoms with Crippen molar-refractivity contribution < 1.29 is 9.47 Å². The molecular weight excluding hydrogens is 461 g/mol. The van der Waals surface area contributed by atoms with Crippen LogP contribution < -0.4 is 9.47 Å². The minimum Gasteiger partial charge on any atom is -0.493 e. The van der Waals surface area contributed by atoms with Crippen molar-refractivity contribution in [1.82, 2.24) is 4.98 Å². The van der Waals surface area contributed by atoms with Gasteiger partial charge in [0.2, 0.25) is 0 Å². The SMILES string of the molecule is COc1cc(/C=C/c2nc(-c3ccc(C)cc3)cs2)ccc1OCc1ccc(Cl)cc1Cl. The summed E-state index contributed by atoms with van der Waals surface area (Å²) in [5.74, 6) is 1.29. The molecular formula is C26H21Cl2NO2S. The molecule has 0 unspecified atom stereocenters. The van der Waals surface area contributed by atoms with E-state index in [2.05, 4.69) is 36.6 Å². The van der Waals surface area contributed by atoms with Crippen molar-refractivity contribution in [1.29, 1.82) is 0 Å². The summed E-state index contributed by atoms with van der Waals surface area (Å²) >= 11 is 13.8. The molecule has 0 radical (unpaired) electrons. The first-order chi connectivity index (χ1) is 15.5. The van der Waals surface area contributed by atoms with Crippen LogP contribution in [-0.4, -0.2) is 12.1 Å². The molecule has 0 aliphatic carbocycles. The van der Waals surface area contributed by atoms with E-state index in [1.807, 2.05) is 36.4 Å². The first-order valence-electron chi connectivity index (χ1n) is 9.97. The fourth-order valence-electron chi connectivity index (χ4n) is 3.09. The quantitative estimate of drug-likeness (QED) is 0.266. The molecule has 0 fully saturated rings. The van der Waals surface area contributed by atoms with Gasteiger partial charge < -0.3 is 9.47 Å². The van der Waals surface area contributed by atoms with Crippen LogP contribution in [0.4, 0.5) is 0 Å². The third-order valence-electron chi connectivity index (χ3n) is 4.87. The smallest absolute Gasteiger partial charge is 0.161 e. The van der Waals surface area contributed by atoms with Crippen LogP contribution >= 0.6 is 34.5 Å². The number of halogens is 2. The molecule has 3 aromatic carbocycles. The Balaban J connectivity index is 1.45. The maximum atomic E-state index is 6.23. The largest absolute Gasteiger partial charge is 0.493 e. The second-order valence-electron chi connectivity index (χ2n) is 7.21. The summed E-state index contributed by atoms with van der Waals surface area (Å²) in [5, 5.41) is 4.18. The van der Waals surface area contributed by atoms with E-state index in [0.29, 0.717) is 28.2 Å². The van der Waals surface area contributed by atoms with Gasteiger partial charge in [-0.05, 0) is 42.8 Å². The van der Waals surface area contributed by atoms with Gasteiger partial charge in [0.1, 0.15) is 11.6 Å². The van der Waals surface area contributed by atoms with Crippen molar-refractivity contribution in [2.75, 3.05) is 7.11 Å². The van der Waals surface area contributed by atoms with Crippen molar-refractivity contribution in [3.63, 3.8) is 0 Å². The Morgan fingerprint density at radius 2 is 1.75 bits per heavy atom. The molecule has 0 saturated heterocycles. The van der Waals surface area contributed by atoms with Crippen molar-refractivity contribution in [3.8, 4) is 22.8 Å². The zero-order chi connectivity index (χ0) is 22.5. The van der Waals surface area contributed by atoms with Crippen LogP contribution in [0.5, 0.6) is 11.5 Å². The number of aromatic nitrogens is 1. The Labute approximate surface area is 201 Å². The van der Waals surface area contributed by atoms with Gasteiger partial charge in [0.25, 0.3) is 0 Å². The van der Waals surface area contributed by atoms with Gasteiger partial charge in [-0.25, -0.2) is 4.98 Å². The number of rotatable bonds is 7. The summed E-state index contributed by atoms with van der Waals surface area (Å²) in [4.78, 5) is 4.72. The highest BCUT2D eigenvalue weighted by Gasteiger charge is 2.08. The van der Waals surface area contributed by atoms with Gasteiger partial charge in [0.05, 0.1) is 12.8 Å². The number of aryl methyl sites for hydroxylation is 1. The van der Waals surface area contributed by atoms with E-state index in [-0.39, 0.29) is 0 Å². The topological polar surface area (TPSA) is 31.4 Å². The lowest BCUT2D eigenvalue weighted by Crippen LogP contribution is -1.98. The minimum atomic E-state index is 0.322. The molecule has 3 nitrogen and oxygen atoms in total. The van der Waals surface area contributed by atoms with E-state index in [0.717, 1.165) is 27.4 Å². The second kappa shape index (κ2) is 10.2. The third-order valence-corrected chi connectivity index (χ3v) is 6.27. The lowest BCUT2D eigenvalue weighted by Gasteiger charge is -2.12. The van der Waals surface area contributed by atoms with Crippen LogP contribution in [0.25, 0.3) is 23.4 Å². The molecule has 6 heteroatoms. The van der Waals surface area contributed by atoms with E-state index in [1.54, 1.807) is 30.6 Å². The monoisotopic (exact) mass is 481 g/mol. The summed E-state index contributed by atoms with van der Waals surface area (Å²) in [6, 6.07) is 19.5. The molecule has 1 aromatic heterocycles. The summed E-state index contributed by atoms with van der Waals surface area (Å²) in [7, 11) is 1.62. The molecule has 0 bridgehead atoms. The number of ether oxygens (including phenoxy) is 2. The predicted molar refractivity (Wildman–Crippen MR) is 135 cm³/mol. The Morgan fingerprint density at radius 3 is 2.50 bits per heavy atom. The van der Waals surface area contributed by atoms with Gasteiger partial charge in [-0.1, -0.05) is 71.2 Å². The van der Waals surface area contributed by atoms with E-state index >= 15 is 0 Å². The molecule has 32 heavy (non-hydrogen) atoms. The van der Waals surface area contributed by atoms with Crippen LogP contribution in [0.3, 0.4) is 0 Å². The molecule has 0 atom stereocenters. The first-order valence-corrected chi connectivity index (χ1v) is 11.6. The summed E-state index contributed by atoms with van der Waals surface area (Å²) in [5.41, 5.74) is 5.19. The van der Waals surface area contributed by atoms with Gasteiger partial charge in [-0.3, -0.25) is 0 Å². The zero-order valence-electron chi connectivity index (χ0n) is 17.6. The van der Waals surface area contributed by atoms with Crippen molar-refractivity contribution in [2.24, 2.45) is 0 Å². The second-order valence-corrected chi connectivity index (χ2v) is 8.94. The molecule has 0 aliphatic heterocycles. The fraction of sp³-hybridized carbons (Fsp3) is 0.115. The number of methoxy groups -OCH3 is 1. The lowest BCUT2D eigenvalue weighted by molar-refractivity contribution is 0.284. The van der Waals surface area contributed by atoms with Gasteiger partial charge in [-0.15, -0.1) is 11.3 Å². The number of benzene rings is 3. The highest BCUT2D eigenvalue weighted by atomic mass is 35.5. The van der Waals surface area contributed by atoms with Crippen molar-refractivity contribution in [3.05, 3.63) is 97.8 Å². The normalized spacial score (nSPS) is 11.1. The number of hydrogen-bond acceptors (Lipinski definition) is 4.